The molecule has 0 heterocycles. The van der Waals surface area contributed by atoms with E-state index in [2.05, 4.69) is 83.1 Å². The molecule has 5 heteroatoms. The molecule has 0 saturated heterocycles. The summed E-state index contributed by atoms with van der Waals surface area (Å²) in [5, 5.41) is 35.6. The van der Waals surface area contributed by atoms with E-state index in [1.54, 1.807) is 0 Å². The van der Waals surface area contributed by atoms with Gasteiger partial charge >= 0.3 is 0 Å². The van der Waals surface area contributed by atoms with E-state index in [4.69, 9.17) is 20.4 Å². The average Bonchev–Trinajstić information content (AvgIpc) is 2.26. The van der Waals surface area contributed by atoms with Crippen LogP contribution in [0, 0.1) is 21.7 Å². The molecule has 0 rings (SSSR count). The molecular weight excluding hydrogens is 448 g/mol. The zero-order valence-electron chi connectivity index (χ0n) is 25.4. The van der Waals surface area contributed by atoms with Crippen molar-refractivity contribution in [3.63, 3.8) is 0 Å². The summed E-state index contributed by atoms with van der Waals surface area (Å²) in [7, 11) is 0. The second-order valence-corrected chi connectivity index (χ2v) is 14.5. The first kappa shape index (κ1) is 43.6. The van der Waals surface area contributed by atoms with Gasteiger partial charge in [-0.1, -0.05) is 83.1 Å². The molecule has 0 aliphatic heterocycles. The van der Waals surface area contributed by atoms with Gasteiger partial charge in [0.1, 0.15) is 0 Å². The van der Waals surface area contributed by atoms with Crippen molar-refractivity contribution in [2.45, 2.75) is 161 Å². The molecule has 4 nitrogen and oxygen atoms in total. The molecule has 0 amide bonds. The van der Waals surface area contributed by atoms with Crippen LogP contribution in [0.4, 0.5) is 0 Å². The number of hydrogen-bond acceptors (Lipinski definition) is 4. The van der Waals surface area contributed by atoms with Crippen LogP contribution in [0.2, 0.25) is 0 Å². The van der Waals surface area contributed by atoms with Crippen LogP contribution in [0.1, 0.15) is 136 Å². The topological polar surface area (TPSA) is 80.9 Å². The number of hydrogen-bond donors (Lipinski definition) is 4. The summed E-state index contributed by atoms with van der Waals surface area (Å²) in [5.74, 6) is 0. The van der Waals surface area contributed by atoms with Gasteiger partial charge in [0.05, 0.1) is 24.4 Å². The second-order valence-electron chi connectivity index (χ2n) is 14.5. The Labute approximate surface area is 224 Å². The third-order valence-corrected chi connectivity index (χ3v) is 3.63. The van der Waals surface area contributed by atoms with Crippen LogP contribution in [0.15, 0.2) is 0 Å². The molecular formula is C28H64O4Ti. The van der Waals surface area contributed by atoms with Gasteiger partial charge in [-0.15, -0.1) is 0 Å². The molecule has 0 bridgehead atoms. The van der Waals surface area contributed by atoms with E-state index in [0.717, 1.165) is 25.7 Å². The Kier molecular flexibility index (Phi) is 26.0. The molecule has 4 atom stereocenters. The minimum atomic E-state index is -0.157. The van der Waals surface area contributed by atoms with E-state index in [1.807, 2.05) is 27.7 Å². The van der Waals surface area contributed by atoms with Crippen LogP contribution >= 0.6 is 0 Å². The Morgan fingerprint density at radius 2 is 0.455 bits per heavy atom. The van der Waals surface area contributed by atoms with E-state index in [9.17, 15) is 0 Å². The maximum absolute atomic E-state index is 8.89. The van der Waals surface area contributed by atoms with Gasteiger partial charge in [0.15, 0.2) is 0 Å². The van der Waals surface area contributed by atoms with E-state index < -0.39 is 0 Å². The summed E-state index contributed by atoms with van der Waals surface area (Å²) in [4.78, 5) is 0. The first-order chi connectivity index (χ1) is 13.7. The fourth-order valence-electron chi connectivity index (χ4n) is 3.54. The van der Waals surface area contributed by atoms with E-state index in [-0.39, 0.29) is 67.8 Å². The molecule has 0 aliphatic rings. The van der Waals surface area contributed by atoms with E-state index in [1.165, 1.54) is 0 Å². The SMILES string of the molecule is CC(O)CC(C)(C)C.CC(O)CC(C)(C)C.CC(O)CC(C)(C)C.CC(O)CC(C)(C)C.[Ti]. The number of aliphatic hydroxyl groups is 4. The molecule has 0 spiro atoms. The standard InChI is InChI=1S/4C7H16O.Ti/c4*1-6(8)5-7(2,3)4;/h4*6,8H,5H2,1-4H3;. The smallest absolute Gasteiger partial charge is 0.0517 e. The summed E-state index contributed by atoms with van der Waals surface area (Å²) >= 11 is 0. The normalized spacial score (nSPS) is 15.6. The van der Waals surface area contributed by atoms with Crippen molar-refractivity contribution in [3.8, 4) is 0 Å². The molecule has 0 aliphatic carbocycles. The first-order valence-corrected chi connectivity index (χ1v) is 12.4. The fourth-order valence-corrected chi connectivity index (χ4v) is 3.54. The molecule has 0 aromatic rings. The third-order valence-electron chi connectivity index (χ3n) is 3.63. The molecule has 0 fully saturated rings. The van der Waals surface area contributed by atoms with Crippen LogP contribution in [0.5, 0.6) is 0 Å². The van der Waals surface area contributed by atoms with Gasteiger partial charge in [-0.25, -0.2) is 0 Å². The van der Waals surface area contributed by atoms with Crippen molar-refractivity contribution in [1.82, 2.24) is 0 Å². The summed E-state index contributed by atoms with van der Waals surface area (Å²) in [6.45, 7) is 32.8. The third kappa shape index (κ3) is 71.9. The molecule has 4 unspecified atom stereocenters. The molecule has 204 valence electrons. The van der Waals surface area contributed by atoms with Crippen LogP contribution in [0.25, 0.3) is 0 Å². The fraction of sp³-hybridized carbons (Fsp3) is 1.00. The zero-order chi connectivity index (χ0) is 27.1. The van der Waals surface area contributed by atoms with Gasteiger partial charge in [0.25, 0.3) is 0 Å². The monoisotopic (exact) mass is 512 g/mol. The van der Waals surface area contributed by atoms with E-state index >= 15 is 0 Å². The maximum Gasteiger partial charge on any atom is 0.0517 e. The summed E-state index contributed by atoms with van der Waals surface area (Å²) in [5.41, 5.74) is 1.09. The predicted molar refractivity (Wildman–Crippen MR) is 143 cm³/mol. The van der Waals surface area contributed by atoms with Gasteiger partial charge in [0.2, 0.25) is 0 Å². The molecule has 4 N–H and O–H groups in total. The molecule has 0 saturated carbocycles. The quantitative estimate of drug-likeness (QED) is 0.300. The van der Waals surface area contributed by atoms with Crippen LogP contribution in [-0.4, -0.2) is 44.8 Å². The average molecular weight is 513 g/mol. The molecule has 0 aromatic carbocycles. The Morgan fingerprint density at radius 3 is 0.455 bits per heavy atom. The predicted octanol–water partition coefficient (Wildman–Crippen LogP) is 7.21. The van der Waals surface area contributed by atoms with Crippen LogP contribution < -0.4 is 0 Å². The van der Waals surface area contributed by atoms with Gasteiger partial charge in [-0.05, 0) is 75.0 Å². The molecule has 33 heavy (non-hydrogen) atoms. The number of rotatable bonds is 4. The minimum Gasteiger partial charge on any atom is -0.393 e. The molecule has 0 radical (unpaired) electrons. The molecule has 0 aromatic heterocycles. The van der Waals surface area contributed by atoms with Crippen LogP contribution in [-0.2, 0) is 21.7 Å². The van der Waals surface area contributed by atoms with Gasteiger partial charge < -0.3 is 20.4 Å². The first-order valence-electron chi connectivity index (χ1n) is 12.4. The Balaban J connectivity index is -0.000000105. The van der Waals surface area contributed by atoms with Gasteiger partial charge in [-0.3, -0.25) is 0 Å². The minimum absolute atomic E-state index is 0. The largest absolute Gasteiger partial charge is 0.393 e. The van der Waals surface area contributed by atoms with Gasteiger partial charge in [0, 0.05) is 21.7 Å². The summed E-state index contributed by atoms with van der Waals surface area (Å²) < 4.78 is 0. The van der Waals surface area contributed by atoms with Crippen molar-refractivity contribution >= 4 is 0 Å². The Hall–Kier alpha value is 0.554. The zero-order valence-corrected chi connectivity index (χ0v) is 27.0. The van der Waals surface area contributed by atoms with Crippen molar-refractivity contribution in [3.05, 3.63) is 0 Å². The van der Waals surface area contributed by atoms with Crippen LogP contribution in [0.3, 0.4) is 0 Å². The van der Waals surface area contributed by atoms with Gasteiger partial charge in [-0.2, -0.15) is 0 Å². The second kappa shape index (κ2) is 19.7. The van der Waals surface area contributed by atoms with Crippen molar-refractivity contribution < 1.29 is 42.1 Å². The maximum atomic E-state index is 8.89. The van der Waals surface area contributed by atoms with E-state index in [0.29, 0.717) is 0 Å². The summed E-state index contributed by atoms with van der Waals surface area (Å²) in [6.07, 6.45) is 2.90. The Bertz CT molecular complexity index is 324. The van der Waals surface area contributed by atoms with Crippen molar-refractivity contribution in [2.24, 2.45) is 21.7 Å². The summed E-state index contributed by atoms with van der Waals surface area (Å²) in [6, 6.07) is 0. The number of aliphatic hydroxyl groups excluding tert-OH is 4. The Morgan fingerprint density at radius 1 is 0.364 bits per heavy atom. The van der Waals surface area contributed by atoms with Crippen molar-refractivity contribution in [2.75, 3.05) is 0 Å². The van der Waals surface area contributed by atoms with Crippen molar-refractivity contribution in [1.29, 1.82) is 0 Å².